The maximum Gasteiger partial charge on any atom is 0.325 e. The van der Waals surface area contributed by atoms with E-state index in [2.05, 4.69) is 29.5 Å². The lowest BCUT2D eigenvalue weighted by atomic mass is 9.94. The lowest BCUT2D eigenvalue weighted by Gasteiger charge is -2.28. The highest BCUT2D eigenvalue weighted by Gasteiger charge is 2.42. The Labute approximate surface area is 173 Å². The van der Waals surface area contributed by atoms with E-state index in [0.717, 1.165) is 47.3 Å². The molecule has 154 valence electrons. The molecule has 1 aromatic heterocycles. The van der Waals surface area contributed by atoms with Gasteiger partial charge in [0.05, 0.1) is 21.6 Å². The fourth-order valence-corrected chi connectivity index (χ4v) is 5.05. The molecule has 1 saturated carbocycles. The van der Waals surface area contributed by atoms with Crippen molar-refractivity contribution in [3.05, 3.63) is 23.2 Å². The molecule has 4 rings (SSSR count). The van der Waals surface area contributed by atoms with Crippen LogP contribution >= 0.6 is 11.3 Å². The van der Waals surface area contributed by atoms with Crippen molar-refractivity contribution in [3.8, 4) is 0 Å². The van der Waals surface area contributed by atoms with Gasteiger partial charge in [-0.1, -0.05) is 33.1 Å². The van der Waals surface area contributed by atoms with Crippen LogP contribution in [0.3, 0.4) is 0 Å². The van der Waals surface area contributed by atoms with Crippen LogP contribution in [-0.4, -0.2) is 39.8 Å². The zero-order valence-electron chi connectivity index (χ0n) is 16.7. The van der Waals surface area contributed by atoms with Crippen molar-refractivity contribution in [2.75, 3.05) is 5.32 Å². The number of urea groups is 1. The lowest BCUT2D eigenvalue weighted by molar-refractivity contribution is -0.131. The maximum absolute atomic E-state index is 12.7. The topological polar surface area (TPSA) is 91.4 Å². The summed E-state index contributed by atoms with van der Waals surface area (Å²) < 4.78 is 1.01. The third-order valence-electron chi connectivity index (χ3n) is 5.56. The Morgan fingerprint density at radius 2 is 2.03 bits per heavy atom. The second-order valence-corrected chi connectivity index (χ2v) is 9.21. The van der Waals surface area contributed by atoms with E-state index >= 15 is 0 Å². The number of thiazole rings is 1. The molecule has 7 nitrogen and oxygen atoms in total. The predicted octanol–water partition coefficient (Wildman–Crippen LogP) is 4.00. The molecule has 1 saturated heterocycles. The van der Waals surface area contributed by atoms with Crippen LogP contribution < -0.4 is 10.6 Å². The van der Waals surface area contributed by atoms with Crippen molar-refractivity contribution in [1.82, 2.24) is 15.2 Å². The van der Waals surface area contributed by atoms with Crippen molar-refractivity contribution in [1.29, 1.82) is 0 Å². The number of aromatic nitrogens is 1. The fraction of sp³-hybridized carbons (Fsp3) is 0.524. The van der Waals surface area contributed by atoms with E-state index in [1.54, 1.807) is 11.3 Å². The number of benzene rings is 1. The minimum Gasteiger partial charge on any atom is -0.326 e. The Morgan fingerprint density at radius 1 is 1.28 bits per heavy atom. The second-order valence-electron chi connectivity index (χ2n) is 8.14. The van der Waals surface area contributed by atoms with Gasteiger partial charge in [-0.15, -0.1) is 11.3 Å². The van der Waals surface area contributed by atoms with Crippen molar-refractivity contribution in [3.63, 3.8) is 0 Å². The van der Waals surface area contributed by atoms with E-state index in [0.29, 0.717) is 11.6 Å². The highest BCUT2D eigenvalue weighted by Crippen LogP contribution is 2.30. The summed E-state index contributed by atoms with van der Waals surface area (Å²) in [6.07, 6.45) is 4.86. The van der Waals surface area contributed by atoms with Gasteiger partial charge in [-0.05, 0) is 31.0 Å². The van der Waals surface area contributed by atoms with Crippen molar-refractivity contribution in [2.45, 2.75) is 70.4 Å². The summed E-state index contributed by atoms with van der Waals surface area (Å²) in [6, 6.07) is 4.41. The zero-order valence-corrected chi connectivity index (χ0v) is 17.6. The minimum absolute atomic E-state index is 0.0341. The van der Waals surface area contributed by atoms with Crippen molar-refractivity contribution >= 4 is 45.1 Å². The van der Waals surface area contributed by atoms with Gasteiger partial charge in [-0.2, -0.15) is 0 Å². The number of amides is 4. The number of rotatable bonds is 5. The molecule has 29 heavy (non-hydrogen) atoms. The van der Waals surface area contributed by atoms with Crippen LogP contribution in [0.2, 0.25) is 0 Å². The van der Waals surface area contributed by atoms with Crippen LogP contribution in [-0.2, 0) is 9.59 Å². The molecule has 0 bridgehead atoms. The first-order valence-electron chi connectivity index (χ1n) is 10.3. The van der Waals surface area contributed by atoms with Crippen LogP contribution in [0.5, 0.6) is 0 Å². The number of fused-ring (bicyclic) bond motifs is 1. The first-order chi connectivity index (χ1) is 13.9. The standard InChI is InChI=1S/C21H26N4O3S/c1-12(2)19-23-15-9-8-13(10-17(15)29-19)22-18(26)11-16-20(27)25(21(28)24-16)14-6-4-3-5-7-14/h8-10,12,14,16H,3-7,11H2,1-2H3,(H,22,26)(H,24,28)/t16-/m1/s1. The van der Waals surface area contributed by atoms with E-state index in [1.807, 2.05) is 18.2 Å². The molecule has 4 amide bonds. The molecule has 8 heteroatoms. The molecule has 0 unspecified atom stereocenters. The number of nitrogens with one attached hydrogen (secondary N) is 2. The molecule has 1 aliphatic heterocycles. The molecule has 1 aromatic carbocycles. The minimum atomic E-state index is -0.788. The highest BCUT2D eigenvalue weighted by molar-refractivity contribution is 7.18. The molecule has 1 aliphatic carbocycles. The quantitative estimate of drug-likeness (QED) is 0.724. The zero-order chi connectivity index (χ0) is 20.5. The van der Waals surface area contributed by atoms with Crippen LogP contribution in [0.4, 0.5) is 10.5 Å². The third-order valence-corrected chi connectivity index (χ3v) is 6.88. The van der Waals surface area contributed by atoms with Gasteiger partial charge >= 0.3 is 6.03 Å². The number of carbonyl (C=O) groups excluding carboxylic acids is 3. The molecule has 2 N–H and O–H groups in total. The molecule has 1 atom stereocenters. The number of nitrogens with zero attached hydrogens (tertiary/aromatic N) is 2. The monoisotopic (exact) mass is 414 g/mol. The lowest BCUT2D eigenvalue weighted by Crippen LogP contribution is -2.42. The molecule has 2 fully saturated rings. The number of carbonyl (C=O) groups is 3. The van der Waals surface area contributed by atoms with Gasteiger partial charge in [-0.3, -0.25) is 14.5 Å². The van der Waals surface area contributed by atoms with Gasteiger partial charge < -0.3 is 10.6 Å². The Bertz CT molecular complexity index is 949. The summed E-state index contributed by atoms with van der Waals surface area (Å²) in [5.41, 5.74) is 1.58. The summed E-state index contributed by atoms with van der Waals surface area (Å²) in [4.78, 5) is 43.4. The molecular formula is C21H26N4O3S. The van der Waals surface area contributed by atoms with Crippen molar-refractivity contribution < 1.29 is 14.4 Å². The molecule has 0 spiro atoms. The number of anilines is 1. The second kappa shape index (κ2) is 8.10. The third kappa shape index (κ3) is 4.12. The summed E-state index contributed by atoms with van der Waals surface area (Å²) in [5, 5.41) is 6.59. The molecule has 2 aromatic rings. The van der Waals surface area contributed by atoms with Gasteiger partial charge in [0, 0.05) is 17.6 Å². The van der Waals surface area contributed by atoms with E-state index < -0.39 is 6.04 Å². The van der Waals surface area contributed by atoms with E-state index in [9.17, 15) is 14.4 Å². The summed E-state index contributed by atoms with van der Waals surface area (Å²) in [6.45, 7) is 4.20. The molecule has 0 radical (unpaired) electrons. The Kier molecular flexibility index (Phi) is 5.54. The Balaban J connectivity index is 1.40. The average Bonchev–Trinajstić information content (AvgIpc) is 3.23. The fourth-order valence-electron chi connectivity index (χ4n) is 4.04. The van der Waals surface area contributed by atoms with E-state index in [4.69, 9.17) is 0 Å². The van der Waals surface area contributed by atoms with Crippen LogP contribution in [0.1, 0.15) is 63.3 Å². The Hall–Kier alpha value is -2.48. The normalized spacial score (nSPS) is 20.5. The van der Waals surface area contributed by atoms with Gasteiger partial charge in [0.1, 0.15) is 6.04 Å². The number of imide groups is 1. The van der Waals surface area contributed by atoms with Crippen LogP contribution in [0.25, 0.3) is 10.2 Å². The first-order valence-corrected chi connectivity index (χ1v) is 11.1. The highest BCUT2D eigenvalue weighted by atomic mass is 32.1. The first kappa shape index (κ1) is 19.8. The average molecular weight is 415 g/mol. The maximum atomic E-state index is 12.7. The van der Waals surface area contributed by atoms with Gasteiger partial charge in [0.2, 0.25) is 5.91 Å². The van der Waals surface area contributed by atoms with Gasteiger partial charge in [0.15, 0.2) is 0 Å². The largest absolute Gasteiger partial charge is 0.326 e. The molecular weight excluding hydrogens is 388 g/mol. The summed E-state index contributed by atoms with van der Waals surface area (Å²) >= 11 is 1.62. The van der Waals surface area contributed by atoms with Gasteiger partial charge in [-0.25, -0.2) is 9.78 Å². The van der Waals surface area contributed by atoms with Gasteiger partial charge in [0.25, 0.3) is 5.91 Å². The summed E-state index contributed by atoms with van der Waals surface area (Å²) in [5.74, 6) is -0.215. The Morgan fingerprint density at radius 3 is 2.76 bits per heavy atom. The van der Waals surface area contributed by atoms with E-state index in [1.165, 1.54) is 4.90 Å². The smallest absolute Gasteiger partial charge is 0.325 e. The summed E-state index contributed by atoms with van der Waals surface area (Å²) in [7, 11) is 0. The molecule has 2 aliphatic rings. The molecule has 2 heterocycles. The van der Waals surface area contributed by atoms with Crippen molar-refractivity contribution in [2.24, 2.45) is 0 Å². The van der Waals surface area contributed by atoms with E-state index in [-0.39, 0.29) is 30.3 Å². The van der Waals surface area contributed by atoms with Crippen LogP contribution in [0, 0.1) is 0 Å². The predicted molar refractivity (Wildman–Crippen MR) is 113 cm³/mol. The van der Waals surface area contributed by atoms with Crippen LogP contribution in [0.15, 0.2) is 18.2 Å². The number of hydrogen-bond acceptors (Lipinski definition) is 5. The SMILES string of the molecule is CC(C)c1nc2ccc(NC(=O)C[C@H]3NC(=O)N(C4CCCCC4)C3=O)cc2s1. The number of hydrogen-bond donors (Lipinski definition) is 2.